The molecule has 0 heterocycles. The maximum Gasteiger partial charge on any atom is 0.204 e. The molecule has 0 N–H and O–H groups in total. The van der Waals surface area contributed by atoms with Gasteiger partial charge in [0.15, 0.2) is 5.78 Å². The molecule has 1 atom stereocenters. The maximum atomic E-state index is 13.0. The second-order valence-electron chi connectivity index (χ2n) is 6.16. The minimum atomic E-state index is -1.16. The van der Waals surface area contributed by atoms with Gasteiger partial charge >= 0.3 is 0 Å². The van der Waals surface area contributed by atoms with Crippen molar-refractivity contribution in [3.63, 3.8) is 0 Å². The van der Waals surface area contributed by atoms with Gasteiger partial charge in [-0.3, -0.25) is 9.59 Å². The van der Waals surface area contributed by atoms with Gasteiger partial charge in [-0.2, -0.15) is 0 Å². The Morgan fingerprint density at radius 1 is 0.655 bits per heavy atom. The highest BCUT2D eigenvalue weighted by atomic mass is 35.5. The summed E-state index contributed by atoms with van der Waals surface area (Å²) < 4.78 is 0. The molecule has 0 radical (unpaired) electrons. The standard InChI is InChI=1S/C23H14Cl4O2/c24-17-10-6-15(7-11-17)22(28)20(26)19(14-4-2-1-3-5-14)21(27)23(29)16-8-12-18(25)13-9-16/h1-13,20H/b21-19+. The zero-order chi connectivity index (χ0) is 21.0. The monoisotopic (exact) mass is 462 g/mol. The molecule has 29 heavy (non-hydrogen) atoms. The highest BCUT2D eigenvalue weighted by Gasteiger charge is 2.28. The van der Waals surface area contributed by atoms with Crippen molar-refractivity contribution >= 4 is 63.5 Å². The van der Waals surface area contributed by atoms with E-state index in [9.17, 15) is 9.59 Å². The van der Waals surface area contributed by atoms with Crippen molar-refractivity contribution in [2.45, 2.75) is 5.38 Å². The van der Waals surface area contributed by atoms with E-state index in [1.54, 1.807) is 72.8 Å². The molecule has 0 saturated heterocycles. The average Bonchev–Trinajstić information content (AvgIpc) is 2.74. The Morgan fingerprint density at radius 3 is 1.66 bits per heavy atom. The number of ketones is 2. The van der Waals surface area contributed by atoms with Crippen LogP contribution in [0.4, 0.5) is 0 Å². The van der Waals surface area contributed by atoms with Crippen LogP contribution in [0.25, 0.3) is 5.57 Å². The van der Waals surface area contributed by atoms with E-state index < -0.39 is 11.2 Å². The van der Waals surface area contributed by atoms with Gasteiger partial charge in [-0.25, -0.2) is 0 Å². The molecule has 146 valence electrons. The predicted octanol–water partition coefficient (Wildman–Crippen LogP) is 7.32. The lowest BCUT2D eigenvalue weighted by molar-refractivity contribution is 0.100. The van der Waals surface area contributed by atoms with Crippen molar-refractivity contribution in [3.05, 3.63) is 111 Å². The largest absolute Gasteiger partial charge is 0.292 e. The summed E-state index contributed by atoms with van der Waals surface area (Å²) in [5.74, 6) is -0.832. The lowest BCUT2D eigenvalue weighted by atomic mass is 9.94. The first kappa shape index (κ1) is 21.6. The second kappa shape index (κ2) is 9.60. The molecule has 2 nitrogen and oxygen atoms in total. The summed E-state index contributed by atoms with van der Waals surface area (Å²) in [5.41, 5.74) is 1.54. The van der Waals surface area contributed by atoms with E-state index in [-0.39, 0.29) is 16.4 Å². The lowest BCUT2D eigenvalue weighted by Gasteiger charge is -2.16. The Morgan fingerprint density at radius 2 is 1.14 bits per heavy atom. The summed E-state index contributed by atoms with van der Waals surface area (Å²) in [6.45, 7) is 0. The quantitative estimate of drug-likeness (QED) is 0.218. The van der Waals surface area contributed by atoms with Crippen LogP contribution in [0.2, 0.25) is 10.0 Å². The minimum Gasteiger partial charge on any atom is -0.292 e. The molecular formula is C23H14Cl4O2. The van der Waals surface area contributed by atoms with Crippen LogP contribution < -0.4 is 0 Å². The van der Waals surface area contributed by atoms with E-state index >= 15 is 0 Å². The van der Waals surface area contributed by atoms with Crippen LogP contribution in [-0.2, 0) is 0 Å². The van der Waals surface area contributed by atoms with Crippen molar-refractivity contribution in [1.29, 1.82) is 0 Å². The fraction of sp³-hybridized carbons (Fsp3) is 0.0435. The second-order valence-corrected chi connectivity index (χ2v) is 7.85. The molecule has 1 unspecified atom stereocenters. The molecule has 0 aromatic heterocycles. The summed E-state index contributed by atoms with van der Waals surface area (Å²) >= 11 is 24.8. The molecule has 0 bridgehead atoms. The van der Waals surface area contributed by atoms with Gasteiger partial charge in [0.05, 0.1) is 5.03 Å². The summed E-state index contributed by atoms with van der Waals surface area (Å²) in [6, 6.07) is 21.6. The normalized spacial score (nSPS) is 12.8. The predicted molar refractivity (Wildman–Crippen MR) is 120 cm³/mol. The number of Topliss-reactive ketones (excluding diaryl/α,β-unsaturated/α-hetero) is 2. The fourth-order valence-corrected chi connectivity index (χ4v) is 3.74. The Kier molecular flexibility index (Phi) is 7.15. The number of hydrogen-bond acceptors (Lipinski definition) is 2. The van der Waals surface area contributed by atoms with Crippen LogP contribution in [-0.4, -0.2) is 16.9 Å². The highest BCUT2D eigenvalue weighted by molar-refractivity contribution is 6.51. The van der Waals surface area contributed by atoms with Gasteiger partial charge in [0, 0.05) is 26.7 Å². The van der Waals surface area contributed by atoms with Crippen molar-refractivity contribution in [2.75, 3.05) is 0 Å². The molecule has 0 amide bonds. The van der Waals surface area contributed by atoms with Crippen molar-refractivity contribution in [2.24, 2.45) is 0 Å². The molecule has 0 aliphatic rings. The van der Waals surface area contributed by atoms with Crippen molar-refractivity contribution in [3.8, 4) is 0 Å². The van der Waals surface area contributed by atoms with Crippen molar-refractivity contribution < 1.29 is 9.59 Å². The van der Waals surface area contributed by atoms with E-state index in [1.807, 2.05) is 6.07 Å². The van der Waals surface area contributed by atoms with Crippen LogP contribution in [0.1, 0.15) is 26.3 Å². The number of allylic oxidation sites excluding steroid dienone is 2. The third-order valence-electron chi connectivity index (χ3n) is 4.24. The van der Waals surface area contributed by atoms with Gasteiger partial charge in [-0.1, -0.05) is 65.1 Å². The van der Waals surface area contributed by atoms with Crippen LogP contribution in [0.5, 0.6) is 0 Å². The van der Waals surface area contributed by atoms with Gasteiger partial charge in [0.2, 0.25) is 5.78 Å². The summed E-state index contributed by atoms with van der Waals surface area (Å²) in [7, 11) is 0. The molecule has 0 saturated carbocycles. The van der Waals surface area contributed by atoms with E-state index in [2.05, 4.69) is 0 Å². The van der Waals surface area contributed by atoms with Crippen LogP contribution in [0, 0.1) is 0 Å². The zero-order valence-electron chi connectivity index (χ0n) is 14.9. The number of benzene rings is 3. The first-order chi connectivity index (χ1) is 13.9. The molecule has 3 rings (SSSR count). The number of hydrogen-bond donors (Lipinski definition) is 0. The Balaban J connectivity index is 2.07. The molecule has 0 fully saturated rings. The van der Waals surface area contributed by atoms with E-state index in [0.717, 1.165) is 0 Å². The van der Waals surface area contributed by atoms with E-state index in [4.69, 9.17) is 46.4 Å². The van der Waals surface area contributed by atoms with E-state index in [1.165, 1.54) is 0 Å². The summed E-state index contributed by atoms with van der Waals surface area (Å²) in [6.07, 6.45) is 0. The third kappa shape index (κ3) is 5.09. The number of alkyl halides is 1. The molecule has 3 aromatic carbocycles. The molecule has 3 aromatic rings. The topological polar surface area (TPSA) is 34.1 Å². The van der Waals surface area contributed by atoms with Crippen LogP contribution in [0.15, 0.2) is 83.9 Å². The SMILES string of the molecule is O=C(/C(Cl)=C(/c1ccccc1)C(Cl)C(=O)c1ccc(Cl)cc1)c1ccc(Cl)cc1. The van der Waals surface area contributed by atoms with Gasteiger partial charge in [0.25, 0.3) is 0 Å². The zero-order valence-corrected chi connectivity index (χ0v) is 17.9. The molecule has 0 aliphatic carbocycles. The number of carbonyl (C=O) groups is 2. The molecular weight excluding hydrogens is 450 g/mol. The third-order valence-corrected chi connectivity index (χ3v) is 5.54. The summed E-state index contributed by atoms with van der Waals surface area (Å²) in [4.78, 5) is 25.9. The average molecular weight is 464 g/mol. The van der Waals surface area contributed by atoms with E-state index in [0.29, 0.717) is 26.7 Å². The van der Waals surface area contributed by atoms with Crippen LogP contribution >= 0.6 is 46.4 Å². The maximum absolute atomic E-state index is 13.0. The minimum absolute atomic E-state index is 0.124. The lowest BCUT2D eigenvalue weighted by Crippen LogP contribution is -2.19. The van der Waals surface area contributed by atoms with Crippen molar-refractivity contribution in [1.82, 2.24) is 0 Å². The number of halogens is 4. The van der Waals surface area contributed by atoms with Gasteiger partial charge in [0.1, 0.15) is 5.38 Å². The van der Waals surface area contributed by atoms with Crippen LogP contribution in [0.3, 0.4) is 0 Å². The fourth-order valence-electron chi connectivity index (χ4n) is 2.74. The Bertz CT molecular complexity index is 1060. The van der Waals surface area contributed by atoms with Gasteiger partial charge < -0.3 is 0 Å². The highest BCUT2D eigenvalue weighted by Crippen LogP contribution is 2.32. The molecule has 6 heteroatoms. The smallest absolute Gasteiger partial charge is 0.204 e. The molecule has 0 spiro atoms. The number of rotatable bonds is 6. The Hall–Kier alpha value is -2.10. The first-order valence-corrected chi connectivity index (χ1v) is 10.1. The van der Waals surface area contributed by atoms with Gasteiger partial charge in [-0.05, 0) is 54.1 Å². The van der Waals surface area contributed by atoms with Gasteiger partial charge in [-0.15, -0.1) is 11.6 Å². The Labute approximate surface area is 188 Å². The number of carbonyl (C=O) groups excluding carboxylic acids is 2. The first-order valence-electron chi connectivity index (χ1n) is 8.57. The summed E-state index contributed by atoms with van der Waals surface area (Å²) in [5, 5.41) is -0.288. The molecule has 0 aliphatic heterocycles.